The Bertz CT molecular complexity index is 464. The zero-order chi connectivity index (χ0) is 14.3. The molecule has 1 rings (SSSR count). The molecule has 0 spiro atoms. The van der Waals surface area contributed by atoms with Gasteiger partial charge in [-0.3, -0.25) is 4.79 Å². The van der Waals surface area contributed by atoms with E-state index in [1.807, 2.05) is 13.8 Å². The number of nitrogens with zero attached hydrogens (tertiary/aromatic N) is 1. The Labute approximate surface area is 112 Å². The van der Waals surface area contributed by atoms with E-state index >= 15 is 0 Å². The average Bonchev–Trinajstić information content (AvgIpc) is 2.37. The third-order valence-corrected chi connectivity index (χ3v) is 2.33. The van der Waals surface area contributed by atoms with Crippen molar-refractivity contribution in [2.75, 3.05) is 7.11 Å². The number of hydrazone groups is 1. The monoisotopic (exact) mass is 262 g/mol. The highest BCUT2D eigenvalue weighted by Crippen LogP contribution is 2.04. The molecule has 1 aromatic rings. The first-order valence-corrected chi connectivity index (χ1v) is 6.03. The molecular formula is C14H18N2O3. The summed E-state index contributed by atoms with van der Waals surface area (Å²) < 4.78 is 4.60. The van der Waals surface area contributed by atoms with E-state index in [4.69, 9.17) is 0 Å². The topological polar surface area (TPSA) is 67.8 Å². The lowest BCUT2D eigenvalue weighted by atomic mass is 10.1. The predicted molar refractivity (Wildman–Crippen MR) is 73.0 cm³/mol. The van der Waals surface area contributed by atoms with Gasteiger partial charge in [-0.1, -0.05) is 26.0 Å². The van der Waals surface area contributed by atoms with Gasteiger partial charge in [0, 0.05) is 6.42 Å². The summed E-state index contributed by atoms with van der Waals surface area (Å²) in [6, 6.07) is 6.74. The summed E-state index contributed by atoms with van der Waals surface area (Å²) in [7, 11) is 1.34. The van der Waals surface area contributed by atoms with E-state index in [0.717, 1.165) is 5.56 Å². The predicted octanol–water partition coefficient (Wildman–Crippen LogP) is 1.97. The molecule has 0 aliphatic carbocycles. The third-order valence-electron chi connectivity index (χ3n) is 2.33. The molecule has 5 nitrogen and oxygen atoms in total. The standard InChI is InChI=1S/C14H18N2O3/c1-10(2)8-13(17)16-15-9-11-4-6-12(7-5-11)14(18)19-3/h4-7,9-10H,8H2,1-3H3,(H,16,17)/b15-9-. The van der Waals surface area contributed by atoms with Crippen molar-refractivity contribution < 1.29 is 14.3 Å². The summed E-state index contributed by atoms with van der Waals surface area (Å²) in [5.74, 6) is -0.194. The number of carbonyl (C=O) groups is 2. The lowest BCUT2D eigenvalue weighted by Gasteiger charge is -2.02. The lowest BCUT2D eigenvalue weighted by Crippen LogP contribution is -2.19. The van der Waals surface area contributed by atoms with Crippen molar-refractivity contribution in [2.24, 2.45) is 11.0 Å². The fourth-order valence-electron chi connectivity index (χ4n) is 1.42. The largest absolute Gasteiger partial charge is 0.465 e. The van der Waals surface area contributed by atoms with Gasteiger partial charge >= 0.3 is 5.97 Å². The quantitative estimate of drug-likeness (QED) is 0.501. The lowest BCUT2D eigenvalue weighted by molar-refractivity contribution is -0.121. The van der Waals surface area contributed by atoms with Crippen LogP contribution in [0.25, 0.3) is 0 Å². The number of hydrogen-bond donors (Lipinski definition) is 1. The van der Waals surface area contributed by atoms with E-state index in [0.29, 0.717) is 17.9 Å². The molecule has 1 amide bonds. The molecular weight excluding hydrogens is 244 g/mol. The van der Waals surface area contributed by atoms with Crippen molar-refractivity contribution in [3.8, 4) is 0 Å². The second-order valence-corrected chi connectivity index (χ2v) is 4.50. The Morgan fingerprint density at radius 3 is 2.47 bits per heavy atom. The molecule has 0 atom stereocenters. The van der Waals surface area contributed by atoms with Gasteiger partial charge in [-0.05, 0) is 23.6 Å². The van der Waals surface area contributed by atoms with Crippen molar-refractivity contribution in [2.45, 2.75) is 20.3 Å². The maximum atomic E-state index is 11.3. The second-order valence-electron chi connectivity index (χ2n) is 4.50. The minimum atomic E-state index is -0.381. The SMILES string of the molecule is COC(=O)c1ccc(/C=N\NC(=O)CC(C)C)cc1. The highest BCUT2D eigenvalue weighted by molar-refractivity contribution is 5.90. The van der Waals surface area contributed by atoms with E-state index in [-0.39, 0.29) is 11.9 Å². The van der Waals surface area contributed by atoms with Crippen LogP contribution in [-0.2, 0) is 9.53 Å². The minimum Gasteiger partial charge on any atom is -0.465 e. The summed E-state index contributed by atoms with van der Waals surface area (Å²) in [5.41, 5.74) is 3.71. The van der Waals surface area contributed by atoms with Gasteiger partial charge in [-0.15, -0.1) is 0 Å². The first-order valence-electron chi connectivity index (χ1n) is 6.03. The Morgan fingerprint density at radius 1 is 1.32 bits per heavy atom. The molecule has 19 heavy (non-hydrogen) atoms. The summed E-state index contributed by atoms with van der Waals surface area (Å²) in [6.45, 7) is 3.93. The Morgan fingerprint density at radius 2 is 1.95 bits per heavy atom. The number of rotatable bonds is 5. The second kappa shape index (κ2) is 7.31. The molecule has 0 saturated heterocycles. The van der Waals surface area contributed by atoms with E-state index in [1.54, 1.807) is 24.3 Å². The molecule has 0 aliphatic heterocycles. The smallest absolute Gasteiger partial charge is 0.337 e. The third kappa shape index (κ3) is 5.33. The molecule has 0 fully saturated rings. The Hall–Kier alpha value is -2.17. The van der Waals surface area contributed by atoms with E-state index in [2.05, 4.69) is 15.3 Å². The van der Waals surface area contributed by atoms with Gasteiger partial charge in [0.1, 0.15) is 0 Å². The van der Waals surface area contributed by atoms with Crippen molar-refractivity contribution in [3.05, 3.63) is 35.4 Å². The number of methoxy groups -OCH3 is 1. The summed E-state index contributed by atoms with van der Waals surface area (Å²) >= 11 is 0. The molecule has 0 aromatic heterocycles. The number of carbonyl (C=O) groups excluding carboxylic acids is 2. The molecule has 0 unspecified atom stereocenters. The molecule has 0 bridgehead atoms. The van der Waals surface area contributed by atoms with Crippen LogP contribution in [0.4, 0.5) is 0 Å². The van der Waals surface area contributed by atoms with Crippen LogP contribution in [0.2, 0.25) is 0 Å². The van der Waals surface area contributed by atoms with Crippen LogP contribution in [0.5, 0.6) is 0 Å². The number of hydrogen-bond acceptors (Lipinski definition) is 4. The number of benzene rings is 1. The van der Waals surface area contributed by atoms with Gasteiger partial charge in [0.2, 0.25) is 5.91 Å². The van der Waals surface area contributed by atoms with Crippen LogP contribution in [0.15, 0.2) is 29.4 Å². The number of ether oxygens (including phenoxy) is 1. The molecule has 0 radical (unpaired) electrons. The average molecular weight is 262 g/mol. The first-order chi connectivity index (χ1) is 9.02. The molecule has 102 valence electrons. The normalized spacial score (nSPS) is 10.7. The number of esters is 1. The summed E-state index contributed by atoms with van der Waals surface area (Å²) in [4.78, 5) is 22.6. The summed E-state index contributed by atoms with van der Waals surface area (Å²) in [5, 5.41) is 3.85. The number of amides is 1. The van der Waals surface area contributed by atoms with Gasteiger partial charge in [0.05, 0.1) is 18.9 Å². The van der Waals surface area contributed by atoms with Crippen molar-refractivity contribution >= 4 is 18.1 Å². The van der Waals surface area contributed by atoms with Crippen LogP contribution < -0.4 is 5.43 Å². The van der Waals surface area contributed by atoms with Gasteiger partial charge < -0.3 is 4.74 Å². The molecule has 0 saturated carbocycles. The van der Waals surface area contributed by atoms with Crippen molar-refractivity contribution in [1.29, 1.82) is 0 Å². The van der Waals surface area contributed by atoms with E-state index in [1.165, 1.54) is 13.3 Å². The maximum absolute atomic E-state index is 11.3. The van der Waals surface area contributed by atoms with E-state index in [9.17, 15) is 9.59 Å². The van der Waals surface area contributed by atoms with Gasteiger partial charge in [-0.25, -0.2) is 10.2 Å². The Kier molecular flexibility index (Phi) is 5.73. The molecule has 0 heterocycles. The van der Waals surface area contributed by atoms with Crippen LogP contribution in [0.3, 0.4) is 0 Å². The highest BCUT2D eigenvalue weighted by Gasteiger charge is 2.04. The Balaban J connectivity index is 2.53. The minimum absolute atomic E-state index is 0.113. The molecule has 5 heteroatoms. The molecule has 0 aliphatic rings. The fourth-order valence-corrected chi connectivity index (χ4v) is 1.42. The van der Waals surface area contributed by atoms with E-state index < -0.39 is 0 Å². The highest BCUT2D eigenvalue weighted by atomic mass is 16.5. The zero-order valence-corrected chi connectivity index (χ0v) is 11.3. The molecule has 1 N–H and O–H groups in total. The van der Waals surface area contributed by atoms with Crippen LogP contribution in [0, 0.1) is 5.92 Å². The fraction of sp³-hybridized carbons (Fsp3) is 0.357. The summed E-state index contributed by atoms with van der Waals surface area (Å²) in [6.07, 6.45) is 1.97. The van der Waals surface area contributed by atoms with Crippen molar-refractivity contribution in [3.63, 3.8) is 0 Å². The maximum Gasteiger partial charge on any atom is 0.337 e. The number of nitrogens with one attached hydrogen (secondary N) is 1. The zero-order valence-electron chi connectivity index (χ0n) is 11.3. The van der Waals surface area contributed by atoms with Gasteiger partial charge in [0.15, 0.2) is 0 Å². The van der Waals surface area contributed by atoms with Gasteiger partial charge in [-0.2, -0.15) is 5.10 Å². The van der Waals surface area contributed by atoms with Crippen LogP contribution in [0.1, 0.15) is 36.2 Å². The first kappa shape index (κ1) is 14.9. The van der Waals surface area contributed by atoms with Gasteiger partial charge in [0.25, 0.3) is 0 Å². The van der Waals surface area contributed by atoms with Crippen LogP contribution >= 0.6 is 0 Å². The van der Waals surface area contributed by atoms with Crippen LogP contribution in [-0.4, -0.2) is 25.2 Å². The molecule has 1 aromatic carbocycles. The van der Waals surface area contributed by atoms with Crippen molar-refractivity contribution in [1.82, 2.24) is 5.43 Å².